The second-order valence-corrected chi connectivity index (χ2v) is 7.13. The molecule has 0 bridgehead atoms. The smallest absolute Gasteiger partial charge is 0.408 e. The van der Waals surface area contributed by atoms with Crippen LogP contribution in [0.2, 0.25) is 0 Å². The summed E-state index contributed by atoms with van der Waals surface area (Å²) in [5, 5.41) is 14.8. The Morgan fingerprint density at radius 1 is 1.21 bits per heavy atom. The number of rotatable bonds is 5. The molecule has 9 nitrogen and oxygen atoms in total. The maximum atomic E-state index is 12.8. The van der Waals surface area contributed by atoms with Gasteiger partial charge in [0.1, 0.15) is 6.04 Å². The molecule has 0 radical (unpaired) electrons. The fraction of sp³-hybridized carbons (Fsp3) is 0.250. The van der Waals surface area contributed by atoms with Gasteiger partial charge >= 0.3 is 5.76 Å². The van der Waals surface area contributed by atoms with Crippen molar-refractivity contribution in [3.05, 3.63) is 59.1 Å². The van der Waals surface area contributed by atoms with Crippen LogP contribution in [0.5, 0.6) is 0 Å². The van der Waals surface area contributed by atoms with Gasteiger partial charge in [0.15, 0.2) is 11.4 Å². The zero-order chi connectivity index (χ0) is 20.0. The van der Waals surface area contributed by atoms with Crippen molar-refractivity contribution in [1.82, 2.24) is 24.8 Å². The zero-order valence-electron chi connectivity index (χ0n) is 15.6. The minimum atomic E-state index is -0.744. The molecular formula is C20H18N6O3. The third-order valence-corrected chi connectivity index (χ3v) is 5.06. The number of amides is 1. The quantitative estimate of drug-likeness (QED) is 0.561. The van der Waals surface area contributed by atoms with Crippen LogP contribution < -0.4 is 11.1 Å². The summed E-state index contributed by atoms with van der Waals surface area (Å²) in [4.78, 5) is 25.1. The number of para-hydroxylation sites is 2. The van der Waals surface area contributed by atoms with Gasteiger partial charge in [0.2, 0.25) is 5.91 Å². The van der Waals surface area contributed by atoms with Crippen LogP contribution in [0, 0.1) is 0 Å². The Bertz CT molecular complexity index is 1270. The Kier molecular flexibility index (Phi) is 4.01. The summed E-state index contributed by atoms with van der Waals surface area (Å²) in [5.74, 6) is -0.211. The fourth-order valence-corrected chi connectivity index (χ4v) is 3.40. The third-order valence-electron chi connectivity index (χ3n) is 5.06. The van der Waals surface area contributed by atoms with Crippen LogP contribution in [0.15, 0.2) is 57.7 Å². The molecule has 1 saturated carbocycles. The number of oxazole rings is 1. The van der Waals surface area contributed by atoms with Crippen molar-refractivity contribution in [2.45, 2.75) is 31.8 Å². The third kappa shape index (κ3) is 3.10. The molecule has 1 amide bonds. The van der Waals surface area contributed by atoms with E-state index < -0.39 is 11.8 Å². The monoisotopic (exact) mass is 390 g/mol. The van der Waals surface area contributed by atoms with Crippen LogP contribution in [0.4, 0.5) is 5.69 Å². The van der Waals surface area contributed by atoms with Gasteiger partial charge < -0.3 is 9.73 Å². The molecule has 4 aromatic rings. The van der Waals surface area contributed by atoms with Crippen molar-refractivity contribution in [3.63, 3.8) is 0 Å². The summed E-state index contributed by atoms with van der Waals surface area (Å²) in [5.41, 5.74) is 2.45. The molecule has 146 valence electrons. The van der Waals surface area contributed by atoms with E-state index in [9.17, 15) is 9.59 Å². The molecular weight excluding hydrogens is 372 g/mol. The summed E-state index contributed by atoms with van der Waals surface area (Å²) < 4.78 is 8.40. The summed E-state index contributed by atoms with van der Waals surface area (Å²) in [6.45, 7) is 1.66. The van der Waals surface area contributed by atoms with Crippen LogP contribution >= 0.6 is 0 Å². The number of carbonyl (C=O) groups excluding carboxylic acids is 1. The maximum Gasteiger partial charge on any atom is 0.420 e. The van der Waals surface area contributed by atoms with Gasteiger partial charge in [-0.3, -0.25) is 9.36 Å². The van der Waals surface area contributed by atoms with E-state index in [1.807, 2.05) is 22.9 Å². The first-order valence-corrected chi connectivity index (χ1v) is 9.41. The van der Waals surface area contributed by atoms with Gasteiger partial charge in [-0.25, -0.2) is 9.48 Å². The fourth-order valence-electron chi connectivity index (χ4n) is 3.40. The van der Waals surface area contributed by atoms with Crippen molar-refractivity contribution in [2.24, 2.45) is 0 Å². The van der Waals surface area contributed by atoms with Crippen molar-refractivity contribution in [1.29, 1.82) is 0 Å². The summed E-state index contributed by atoms with van der Waals surface area (Å²) >= 11 is 0. The number of nitrogens with one attached hydrogen (secondary N) is 1. The van der Waals surface area contributed by atoms with Gasteiger partial charge in [-0.1, -0.05) is 24.3 Å². The highest BCUT2D eigenvalue weighted by Gasteiger charge is 2.28. The maximum absolute atomic E-state index is 12.8. The van der Waals surface area contributed by atoms with Gasteiger partial charge in [-0.2, -0.15) is 0 Å². The van der Waals surface area contributed by atoms with Crippen molar-refractivity contribution < 1.29 is 9.21 Å². The lowest BCUT2D eigenvalue weighted by molar-refractivity contribution is -0.118. The Hall–Kier alpha value is -3.75. The molecule has 0 saturated heterocycles. The molecule has 2 heterocycles. The molecule has 29 heavy (non-hydrogen) atoms. The first-order valence-electron chi connectivity index (χ1n) is 9.41. The topological polar surface area (TPSA) is 108 Å². The predicted octanol–water partition coefficient (Wildman–Crippen LogP) is 2.78. The van der Waals surface area contributed by atoms with Crippen molar-refractivity contribution in [2.75, 3.05) is 5.32 Å². The molecule has 5 rings (SSSR count). The molecule has 0 aliphatic heterocycles. The SMILES string of the molecule is CC(C(=O)Nc1cccc(-c2nnnn2C2CC2)c1)n1c(=O)oc2ccccc21. The lowest BCUT2D eigenvalue weighted by Gasteiger charge is -2.14. The summed E-state index contributed by atoms with van der Waals surface area (Å²) in [6.07, 6.45) is 2.14. The molecule has 9 heteroatoms. The molecule has 1 fully saturated rings. The number of hydrogen-bond acceptors (Lipinski definition) is 6. The first-order chi connectivity index (χ1) is 14.1. The highest BCUT2D eigenvalue weighted by atomic mass is 16.4. The highest BCUT2D eigenvalue weighted by molar-refractivity contribution is 5.94. The van der Waals surface area contributed by atoms with E-state index in [2.05, 4.69) is 20.8 Å². The molecule has 0 spiro atoms. The largest absolute Gasteiger partial charge is 0.420 e. The van der Waals surface area contributed by atoms with Crippen molar-refractivity contribution in [3.8, 4) is 11.4 Å². The molecule has 1 unspecified atom stereocenters. The molecule has 1 N–H and O–H groups in total. The lowest BCUT2D eigenvalue weighted by atomic mass is 10.1. The zero-order valence-corrected chi connectivity index (χ0v) is 15.6. The van der Waals surface area contributed by atoms with Crippen LogP contribution in [0.3, 0.4) is 0 Å². The summed E-state index contributed by atoms with van der Waals surface area (Å²) in [7, 11) is 0. The van der Waals surface area contributed by atoms with E-state index in [-0.39, 0.29) is 5.91 Å². The van der Waals surface area contributed by atoms with Crippen molar-refractivity contribution >= 4 is 22.7 Å². The Morgan fingerprint density at radius 2 is 2.03 bits per heavy atom. The minimum Gasteiger partial charge on any atom is -0.408 e. The molecule has 2 aromatic heterocycles. The normalized spacial score (nSPS) is 14.8. The van der Waals surface area contributed by atoms with E-state index in [0.29, 0.717) is 28.7 Å². The first kappa shape index (κ1) is 17.4. The van der Waals surface area contributed by atoms with Gasteiger partial charge in [-0.05, 0) is 54.5 Å². The second kappa shape index (κ2) is 6.69. The average Bonchev–Trinajstić information content (AvgIpc) is 3.35. The minimum absolute atomic E-state index is 0.322. The summed E-state index contributed by atoms with van der Waals surface area (Å²) in [6, 6.07) is 14.0. The van der Waals surface area contributed by atoms with Gasteiger partial charge in [0.05, 0.1) is 11.6 Å². The molecule has 1 aliphatic rings. The molecule has 1 aliphatic carbocycles. The standard InChI is InChI=1S/C20H18N6O3/c1-12(25-16-7-2-3-8-17(16)29-20(25)28)19(27)21-14-6-4-5-13(11-14)18-22-23-24-26(18)15-9-10-15/h2-8,11-12,15H,9-10H2,1H3,(H,21,27). The van der Waals surface area contributed by atoms with Crippen LogP contribution in [-0.4, -0.2) is 30.7 Å². The lowest BCUT2D eigenvalue weighted by Crippen LogP contribution is -2.29. The van der Waals surface area contributed by atoms with E-state index in [1.165, 1.54) is 4.57 Å². The van der Waals surface area contributed by atoms with E-state index in [4.69, 9.17) is 4.42 Å². The van der Waals surface area contributed by atoms with Crippen LogP contribution in [0.25, 0.3) is 22.5 Å². The van der Waals surface area contributed by atoms with Gasteiger partial charge in [0.25, 0.3) is 0 Å². The second-order valence-electron chi connectivity index (χ2n) is 7.13. The average molecular weight is 390 g/mol. The van der Waals surface area contributed by atoms with E-state index in [0.717, 1.165) is 18.4 Å². The number of tetrazole rings is 1. The number of benzene rings is 2. The Morgan fingerprint density at radius 3 is 2.86 bits per heavy atom. The van der Waals surface area contributed by atoms with E-state index in [1.54, 1.807) is 37.3 Å². The molecule has 1 atom stereocenters. The Balaban J connectivity index is 1.41. The highest BCUT2D eigenvalue weighted by Crippen LogP contribution is 2.36. The number of anilines is 1. The number of carbonyl (C=O) groups is 1. The van der Waals surface area contributed by atoms with Crippen LogP contribution in [0.1, 0.15) is 31.8 Å². The van der Waals surface area contributed by atoms with E-state index >= 15 is 0 Å². The number of aromatic nitrogens is 5. The Labute approximate surface area is 164 Å². The number of fused-ring (bicyclic) bond motifs is 1. The van der Waals surface area contributed by atoms with Gasteiger partial charge in [-0.15, -0.1) is 5.10 Å². The number of hydrogen-bond donors (Lipinski definition) is 1. The van der Waals surface area contributed by atoms with Crippen LogP contribution in [-0.2, 0) is 4.79 Å². The number of nitrogens with zero attached hydrogens (tertiary/aromatic N) is 5. The predicted molar refractivity (Wildman–Crippen MR) is 105 cm³/mol. The van der Waals surface area contributed by atoms with Gasteiger partial charge in [0, 0.05) is 11.3 Å². The molecule has 2 aromatic carbocycles.